The largest absolute Gasteiger partial charge is 0.300 e. The summed E-state index contributed by atoms with van der Waals surface area (Å²) in [5.74, 6) is -2.14. The molecule has 0 spiro atoms. The molecule has 0 aliphatic carbocycles. The Balaban J connectivity index is 2.06. The highest BCUT2D eigenvalue weighted by molar-refractivity contribution is 6.52. The molecular weight excluding hydrogens is 318 g/mol. The zero-order valence-electron chi connectivity index (χ0n) is 10.4. The van der Waals surface area contributed by atoms with Crippen LogP contribution in [0.4, 0.5) is 10.1 Å². The summed E-state index contributed by atoms with van der Waals surface area (Å²) in [6, 6.07) is 3.88. The maximum atomic E-state index is 13.6. The Morgan fingerprint density at radius 1 is 1.19 bits per heavy atom. The van der Waals surface area contributed by atoms with Gasteiger partial charge in [-0.25, -0.2) is 4.39 Å². The van der Waals surface area contributed by atoms with Gasteiger partial charge in [0.1, 0.15) is 5.82 Å². The van der Waals surface area contributed by atoms with E-state index in [2.05, 4.69) is 4.98 Å². The Morgan fingerprint density at radius 2 is 1.95 bits per heavy atom. The van der Waals surface area contributed by atoms with Crippen molar-refractivity contribution in [3.8, 4) is 0 Å². The molecule has 4 nitrogen and oxygen atoms in total. The third-order valence-electron chi connectivity index (χ3n) is 3.20. The topological polar surface area (TPSA) is 50.3 Å². The molecule has 0 unspecified atom stereocenters. The second kappa shape index (κ2) is 5.09. The lowest BCUT2D eigenvalue weighted by atomic mass is 10.1. The SMILES string of the molecule is O=C1C(=O)N(Cc2ccncc2Cl)c2cc(F)c(Cl)cc21. The molecule has 3 rings (SSSR count). The number of aromatic nitrogens is 1. The molecule has 106 valence electrons. The number of carbonyl (C=O) groups is 2. The van der Waals surface area contributed by atoms with Crippen molar-refractivity contribution < 1.29 is 14.0 Å². The molecule has 1 aromatic carbocycles. The number of benzene rings is 1. The van der Waals surface area contributed by atoms with Crippen LogP contribution in [0.5, 0.6) is 0 Å². The van der Waals surface area contributed by atoms with Gasteiger partial charge >= 0.3 is 0 Å². The lowest BCUT2D eigenvalue weighted by Crippen LogP contribution is -2.29. The molecule has 21 heavy (non-hydrogen) atoms. The predicted molar refractivity (Wildman–Crippen MR) is 76.2 cm³/mol. The summed E-state index contributed by atoms with van der Waals surface area (Å²) in [6.45, 7) is 0.0556. The molecule has 2 aromatic rings. The van der Waals surface area contributed by atoms with Crippen LogP contribution in [0.1, 0.15) is 15.9 Å². The van der Waals surface area contributed by atoms with Crippen molar-refractivity contribution >= 4 is 40.6 Å². The standard InChI is InChI=1S/C14H7Cl2FN2O2/c15-9-3-8-12(4-11(9)17)19(14(21)13(8)20)6-7-1-2-18-5-10(7)16/h1-5H,6H2. The zero-order chi connectivity index (χ0) is 15.1. The van der Waals surface area contributed by atoms with Gasteiger partial charge in [-0.1, -0.05) is 23.2 Å². The molecule has 0 N–H and O–H groups in total. The summed E-state index contributed by atoms with van der Waals surface area (Å²) in [6.07, 6.45) is 2.95. The molecule has 1 amide bonds. The van der Waals surface area contributed by atoms with Crippen molar-refractivity contribution in [2.24, 2.45) is 0 Å². The molecule has 1 aliphatic heterocycles. The number of amides is 1. The van der Waals surface area contributed by atoms with Crippen LogP contribution in [0, 0.1) is 5.82 Å². The third kappa shape index (κ3) is 2.28. The molecule has 0 saturated carbocycles. The molecule has 1 aromatic heterocycles. The van der Waals surface area contributed by atoms with E-state index in [1.165, 1.54) is 23.4 Å². The highest BCUT2D eigenvalue weighted by Crippen LogP contribution is 2.34. The lowest BCUT2D eigenvalue weighted by Gasteiger charge is -2.17. The Bertz CT molecular complexity index is 780. The monoisotopic (exact) mass is 324 g/mol. The van der Waals surface area contributed by atoms with E-state index in [0.29, 0.717) is 10.6 Å². The Kier molecular flexibility index (Phi) is 3.39. The Hall–Kier alpha value is -1.98. The van der Waals surface area contributed by atoms with Crippen molar-refractivity contribution in [1.29, 1.82) is 0 Å². The van der Waals surface area contributed by atoms with Gasteiger partial charge in [-0.15, -0.1) is 0 Å². The minimum Gasteiger partial charge on any atom is -0.300 e. The number of anilines is 1. The number of nitrogens with zero attached hydrogens (tertiary/aromatic N) is 2. The quantitative estimate of drug-likeness (QED) is 0.797. The van der Waals surface area contributed by atoms with Crippen molar-refractivity contribution in [1.82, 2.24) is 4.98 Å². The summed E-state index contributed by atoms with van der Waals surface area (Å²) < 4.78 is 13.6. The van der Waals surface area contributed by atoms with Gasteiger partial charge in [-0.05, 0) is 23.8 Å². The number of ketones is 1. The molecule has 1 aliphatic rings. The van der Waals surface area contributed by atoms with Gasteiger partial charge in [-0.3, -0.25) is 14.6 Å². The highest BCUT2D eigenvalue weighted by atomic mass is 35.5. The van der Waals surface area contributed by atoms with Crippen LogP contribution in [0.15, 0.2) is 30.6 Å². The van der Waals surface area contributed by atoms with Gasteiger partial charge in [0.25, 0.3) is 11.7 Å². The van der Waals surface area contributed by atoms with Gasteiger partial charge in [0.05, 0.1) is 27.8 Å². The molecule has 0 saturated heterocycles. The number of rotatable bonds is 2. The number of Topliss-reactive ketones (excluding diaryl/α,β-unsaturated/α-hetero) is 1. The van der Waals surface area contributed by atoms with E-state index in [1.807, 2.05) is 0 Å². The first kappa shape index (κ1) is 14.0. The van der Waals surface area contributed by atoms with E-state index in [1.54, 1.807) is 6.07 Å². The van der Waals surface area contributed by atoms with E-state index in [4.69, 9.17) is 23.2 Å². The summed E-state index contributed by atoms with van der Waals surface area (Å²) in [4.78, 5) is 29.0. The van der Waals surface area contributed by atoms with Crippen LogP contribution < -0.4 is 4.90 Å². The Labute approximate surface area is 129 Å². The van der Waals surface area contributed by atoms with Crippen molar-refractivity contribution in [2.45, 2.75) is 6.54 Å². The zero-order valence-corrected chi connectivity index (χ0v) is 12.0. The van der Waals surface area contributed by atoms with Crippen LogP contribution in [-0.4, -0.2) is 16.7 Å². The first-order valence-electron chi connectivity index (χ1n) is 5.92. The fourth-order valence-electron chi connectivity index (χ4n) is 2.15. The smallest absolute Gasteiger partial charge is 0.299 e. The van der Waals surface area contributed by atoms with Crippen LogP contribution in [0.3, 0.4) is 0 Å². The number of hydrogen-bond donors (Lipinski definition) is 0. The molecular formula is C14H7Cl2FN2O2. The Morgan fingerprint density at radius 3 is 2.67 bits per heavy atom. The molecule has 0 radical (unpaired) electrons. The van der Waals surface area contributed by atoms with Crippen LogP contribution in [0.2, 0.25) is 10.0 Å². The molecule has 2 heterocycles. The summed E-state index contributed by atoms with van der Waals surface area (Å²) in [5.41, 5.74) is 0.896. The number of pyridine rings is 1. The summed E-state index contributed by atoms with van der Waals surface area (Å²) >= 11 is 11.6. The van der Waals surface area contributed by atoms with Gasteiger partial charge in [0.2, 0.25) is 0 Å². The predicted octanol–water partition coefficient (Wildman–Crippen LogP) is 3.26. The second-order valence-electron chi connectivity index (χ2n) is 4.47. The van der Waals surface area contributed by atoms with Crippen molar-refractivity contribution in [3.05, 3.63) is 57.6 Å². The number of fused-ring (bicyclic) bond motifs is 1. The average Bonchev–Trinajstić information content (AvgIpc) is 2.67. The lowest BCUT2D eigenvalue weighted by molar-refractivity contribution is -0.114. The summed E-state index contributed by atoms with van der Waals surface area (Å²) in [5, 5.41) is 0.166. The van der Waals surface area contributed by atoms with E-state index in [9.17, 15) is 14.0 Å². The third-order valence-corrected chi connectivity index (χ3v) is 3.83. The van der Waals surface area contributed by atoms with E-state index < -0.39 is 17.5 Å². The number of hydrogen-bond acceptors (Lipinski definition) is 3. The van der Waals surface area contributed by atoms with Gasteiger partial charge in [0.15, 0.2) is 0 Å². The molecule has 0 bridgehead atoms. The highest BCUT2D eigenvalue weighted by Gasteiger charge is 2.37. The molecule has 0 atom stereocenters. The van der Waals surface area contributed by atoms with Crippen LogP contribution in [0.25, 0.3) is 0 Å². The number of carbonyl (C=O) groups excluding carboxylic acids is 2. The first-order valence-corrected chi connectivity index (χ1v) is 6.68. The second-order valence-corrected chi connectivity index (χ2v) is 5.29. The fraction of sp³-hybridized carbons (Fsp3) is 0.0714. The van der Waals surface area contributed by atoms with E-state index in [0.717, 1.165) is 6.07 Å². The molecule has 0 fully saturated rings. The average molecular weight is 325 g/mol. The fourth-order valence-corrected chi connectivity index (χ4v) is 2.49. The number of halogens is 3. The maximum Gasteiger partial charge on any atom is 0.299 e. The van der Waals surface area contributed by atoms with Crippen LogP contribution >= 0.6 is 23.2 Å². The van der Waals surface area contributed by atoms with Gasteiger partial charge < -0.3 is 4.90 Å². The summed E-state index contributed by atoms with van der Waals surface area (Å²) in [7, 11) is 0. The van der Waals surface area contributed by atoms with Crippen molar-refractivity contribution in [2.75, 3.05) is 4.90 Å². The normalized spacial score (nSPS) is 13.8. The minimum absolute atomic E-state index is 0.0556. The van der Waals surface area contributed by atoms with Crippen molar-refractivity contribution in [3.63, 3.8) is 0 Å². The minimum atomic E-state index is -0.737. The maximum absolute atomic E-state index is 13.6. The van der Waals surface area contributed by atoms with Crippen LogP contribution in [-0.2, 0) is 11.3 Å². The first-order chi connectivity index (χ1) is 9.99. The van der Waals surface area contributed by atoms with Gasteiger partial charge in [-0.2, -0.15) is 0 Å². The van der Waals surface area contributed by atoms with E-state index >= 15 is 0 Å². The van der Waals surface area contributed by atoms with Gasteiger partial charge in [0, 0.05) is 12.4 Å². The van der Waals surface area contributed by atoms with E-state index in [-0.39, 0.29) is 22.8 Å². The molecule has 7 heteroatoms.